The van der Waals surface area contributed by atoms with E-state index in [0.29, 0.717) is 18.7 Å². The number of benzene rings is 1. The van der Waals surface area contributed by atoms with Gasteiger partial charge in [-0.25, -0.2) is 9.97 Å². The molecule has 1 aliphatic heterocycles. The maximum atomic E-state index is 13.3. The Hall–Kier alpha value is -3.06. The lowest BCUT2D eigenvalue weighted by atomic mass is 9.87. The fraction of sp³-hybridized carbons (Fsp3) is 0.300. The van der Waals surface area contributed by atoms with Gasteiger partial charge in [0.25, 0.3) is 5.91 Å². The van der Waals surface area contributed by atoms with E-state index in [4.69, 9.17) is 0 Å². The minimum atomic E-state index is -0.676. The highest BCUT2D eigenvalue weighted by atomic mass is 16.2. The zero-order valence-corrected chi connectivity index (χ0v) is 15.2. The zero-order valence-electron chi connectivity index (χ0n) is 15.2. The largest absolute Gasteiger partial charge is 0.324 e. The number of aromatic nitrogens is 4. The van der Waals surface area contributed by atoms with Crippen LogP contribution in [0.25, 0.3) is 11.4 Å². The fourth-order valence-corrected chi connectivity index (χ4v) is 3.49. The highest BCUT2D eigenvalue weighted by molar-refractivity contribution is 5.97. The molecule has 0 spiro atoms. The average Bonchev–Trinajstić information content (AvgIpc) is 3.24. The number of anilines is 1. The van der Waals surface area contributed by atoms with Crippen LogP contribution in [0.15, 0.2) is 55.0 Å². The number of nitrogens with one attached hydrogen (secondary N) is 2. The Labute approximate surface area is 157 Å². The summed E-state index contributed by atoms with van der Waals surface area (Å²) in [6, 6.07) is 11.4. The quantitative estimate of drug-likeness (QED) is 0.744. The van der Waals surface area contributed by atoms with Crippen molar-refractivity contribution in [3.63, 3.8) is 0 Å². The van der Waals surface area contributed by atoms with Crippen molar-refractivity contribution >= 4 is 11.6 Å². The van der Waals surface area contributed by atoms with E-state index in [1.807, 2.05) is 49.5 Å². The number of rotatable bonds is 4. The van der Waals surface area contributed by atoms with Gasteiger partial charge >= 0.3 is 0 Å². The number of aryl methyl sites for hydroxylation is 1. The van der Waals surface area contributed by atoms with Gasteiger partial charge in [-0.05, 0) is 57.1 Å². The lowest BCUT2D eigenvalue weighted by Crippen LogP contribution is -2.52. The third-order valence-electron chi connectivity index (χ3n) is 4.97. The molecule has 0 aliphatic carbocycles. The van der Waals surface area contributed by atoms with E-state index in [-0.39, 0.29) is 5.91 Å². The fourth-order valence-electron chi connectivity index (χ4n) is 3.49. The van der Waals surface area contributed by atoms with Crippen LogP contribution in [0.1, 0.15) is 18.5 Å². The molecule has 0 unspecified atom stereocenters. The van der Waals surface area contributed by atoms with Crippen LogP contribution in [0.2, 0.25) is 0 Å². The Morgan fingerprint density at radius 1 is 1.19 bits per heavy atom. The molecule has 27 heavy (non-hydrogen) atoms. The molecule has 1 aromatic carbocycles. The van der Waals surface area contributed by atoms with Crippen molar-refractivity contribution in [1.82, 2.24) is 25.1 Å². The molecular formula is C20H22N6O. The first-order valence-electron chi connectivity index (χ1n) is 9.10. The Bertz CT molecular complexity index is 931. The summed E-state index contributed by atoms with van der Waals surface area (Å²) in [4.78, 5) is 22.0. The number of amides is 1. The van der Waals surface area contributed by atoms with Crippen molar-refractivity contribution in [3.8, 4) is 11.4 Å². The highest BCUT2D eigenvalue weighted by Gasteiger charge is 2.42. The van der Waals surface area contributed by atoms with Crippen molar-refractivity contribution in [2.45, 2.75) is 25.3 Å². The molecule has 0 atom stereocenters. The molecule has 2 aromatic heterocycles. The third kappa shape index (κ3) is 3.46. The predicted molar refractivity (Wildman–Crippen MR) is 103 cm³/mol. The van der Waals surface area contributed by atoms with Crippen LogP contribution in [-0.2, 0) is 10.3 Å². The maximum absolute atomic E-state index is 13.3. The van der Waals surface area contributed by atoms with E-state index in [2.05, 4.69) is 25.7 Å². The normalized spacial score (nSPS) is 16.0. The number of carbonyl (C=O) groups excluding carboxylic acids is 1. The molecule has 138 valence electrons. The monoisotopic (exact) mass is 362 g/mol. The molecule has 7 nitrogen and oxygen atoms in total. The van der Waals surface area contributed by atoms with E-state index < -0.39 is 5.54 Å². The summed E-state index contributed by atoms with van der Waals surface area (Å²) in [5.41, 5.74) is 1.83. The lowest BCUT2D eigenvalue weighted by molar-refractivity contribution is -0.126. The second-order valence-corrected chi connectivity index (χ2v) is 6.79. The van der Waals surface area contributed by atoms with Crippen LogP contribution < -0.4 is 10.6 Å². The molecule has 2 N–H and O–H groups in total. The molecule has 1 saturated heterocycles. The smallest absolute Gasteiger partial charge is 0.252 e. The Morgan fingerprint density at radius 3 is 2.78 bits per heavy atom. The standard InChI is InChI=1S/C20H22N6O/c1-15-6-10-22-18(24-15)16-4-2-5-17(14-16)25-19(27)20(7-11-21-12-8-20)26-13-3-9-23-26/h2-6,9-10,13-14,21H,7-8,11-12H2,1H3,(H,25,27). The summed E-state index contributed by atoms with van der Waals surface area (Å²) < 4.78 is 1.79. The van der Waals surface area contributed by atoms with E-state index in [1.54, 1.807) is 17.1 Å². The Kier molecular flexibility index (Phi) is 4.68. The van der Waals surface area contributed by atoms with Gasteiger partial charge in [0.1, 0.15) is 5.54 Å². The van der Waals surface area contributed by atoms with Crippen molar-refractivity contribution in [2.75, 3.05) is 18.4 Å². The minimum absolute atomic E-state index is 0.0463. The molecule has 4 rings (SSSR count). The molecule has 1 aliphatic rings. The number of nitrogens with zero attached hydrogens (tertiary/aromatic N) is 4. The van der Waals surface area contributed by atoms with E-state index in [1.165, 1.54) is 0 Å². The maximum Gasteiger partial charge on any atom is 0.252 e. The first-order valence-corrected chi connectivity index (χ1v) is 9.10. The topological polar surface area (TPSA) is 84.7 Å². The number of piperidine rings is 1. The van der Waals surface area contributed by atoms with E-state index in [0.717, 1.165) is 30.0 Å². The van der Waals surface area contributed by atoms with Crippen LogP contribution in [0.3, 0.4) is 0 Å². The van der Waals surface area contributed by atoms with Crippen molar-refractivity contribution < 1.29 is 4.79 Å². The number of carbonyl (C=O) groups is 1. The summed E-state index contributed by atoms with van der Waals surface area (Å²) in [5.74, 6) is 0.602. The van der Waals surface area contributed by atoms with Gasteiger partial charge in [0.2, 0.25) is 0 Å². The summed E-state index contributed by atoms with van der Waals surface area (Å²) in [7, 11) is 0. The highest BCUT2D eigenvalue weighted by Crippen LogP contribution is 2.29. The van der Waals surface area contributed by atoms with Gasteiger partial charge in [-0.3, -0.25) is 9.48 Å². The second-order valence-electron chi connectivity index (χ2n) is 6.79. The molecular weight excluding hydrogens is 340 g/mol. The van der Waals surface area contributed by atoms with Gasteiger partial charge < -0.3 is 10.6 Å². The second kappa shape index (κ2) is 7.28. The predicted octanol–water partition coefficient (Wildman–Crippen LogP) is 2.37. The van der Waals surface area contributed by atoms with Crippen molar-refractivity contribution in [2.24, 2.45) is 0 Å². The Morgan fingerprint density at radius 2 is 2.04 bits per heavy atom. The average molecular weight is 362 g/mol. The number of hydrogen-bond donors (Lipinski definition) is 2. The molecule has 0 bridgehead atoms. The first kappa shape index (κ1) is 17.4. The van der Waals surface area contributed by atoms with Gasteiger partial charge in [0, 0.05) is 35.5 Å². The minimum Gasteiger partial charge on any atom is -0.324 e. The van der Waals surface area contributed by atoms with Gasteiger partial charge in [0.05, 0.1) is 0 Å². The Balaban J connectivity index is 1.61. The van der Waals surface area contributed by atoms with Gasteiger partial charge in [-0.1, -0.05) is 12.1 Å². The van der Waals surface area contributed by atoms with Crippen LogP contribution in [0.4, 0.5) is 5.69 Å². The summed E-state index contributed by atoms with van der Waals surface area (Å²) in [6.45, 7) is 3.50. The van der Waals surface area contributed by atoms with Crippen molar-refractivity contribution in [1.29, 1.82) is 0 Å². The van der Waals surface area contributed by atoms with Crippen molar-refractivity contribution in [3.05, 3.63) is 60.7 Å². The van der Waals surface area contributed by atoms with Gasteiger partial charge in [-0.15, -0.1) is 0 Å². The third-order valence-corrected chi connectivity index (χ3v) is 4.97. The molecule has 7 heteroatoms. The summed E-state index contributed by atoms with van der Waals surface area (Å²) in [5, 5.41) is 10.8. The summed E-state index contributed by atoms with van der Waals surface area (Å²) >= 11 is 0. The number of hydrogen-bond acceptors (Lipinski definition) is 5. The van der Waals surface area contributed by atoms with Crippen LogP contribution in [0, 0.1) is 6.92 Å². The molecule has 1 fully saturated rings. The first-order chi connectivity index (χ1) is 13.2. The van der Waals surface area contributed by atoms with Crippen LogP contribution >= 0.6 is 0 Å². The van der Waals surface area contributed by atoms with Crippen LogP contribution in [0.5, 0.6) is 0 Å². The van der Waals surface area contributed by atoms with Crippen LogP contribution in [-0.4, -0.2) is 38.7 Å². The summed E-state index contributed by atoms with van der Waals surface area (Å²) in [6.07, 6.45) is 6.71. The van der Waals surface area contributed by atoms with Gasteiger partial charge in [-0.2, -0.15) is 5.10 Å². The molecule has 0 radical (unpaired) electrons. The zero-order chi connectivity index (χ0) is 18.7. The van der Waals surface area contributed by atoms with E-state index in [9.17, 15) is 4.79 Å². The lowest BCUT2D eigenvalue weighted by Gasteiger charge is -2.36. The van der Waals surface area contributed by atoms with Gasteiger partial charge in [0.15, 0.2) is 5.82 Å². The molecule has 0 saturated carbocycles. The van der Waals surface area contributed by atoms with E-state index >= 15 is 0 Å². The molecule has 3 heterocycles. The SMILES string of the molecule is Cc1ccnc(-c2cccc(NC(=O)C3(n4cccn4)CCNCC3)c2)n1. The molecule has 1 amide bonds. The molecule has 3 aromatic rings.